The molecule has 0 saturated carbocycles. The molecular weight excluding hydrogens is 332 g/mol. The molecule has 26 heavy (non-hydrogen) atoms. The number of rotatable bonds is 4. The summed E-state index contributed by atoms with van der Waals surface area (Å²) in [6.45, 7) is 8.74. The number of nitrogens with zero attached hydrogens (tertiary/aromatic N) is 1. The third kappa shape index (κ3) is 2.81. The second-order valence-electron chi connectivity index (χ2n) is 7.00. The molecule has 6 nitrogen and oxygen atoms in total. The van der Waals surface area contributed by atoms with Crippen LogP contribution in [0.25, 0.3) is 0 Å². The van der Waals surface area contributed by atoms with Crippen LogP contribution in [-0.2, 0) is 10.3 Å². The zero-order valence-electron chi connectivity index (χ0n) is 15.6. The quantitative estimate of drug-likeness (QED) is 0.676. The molecule has 2 aromatic rings. The van der Waals surface area contributed by atoms with Gasteiger partial charge in [-0.05, 0) is 57.9 Å². The van der Waals surface area contributed by atoms with Crippen LogP contribution in [-0.4, -0.2) is 29.2 Å². The van der Waals surface area contributed by atoms with Crippen molar-refractivity contribution in [3.8, 4) is 0 Å². The molecule has 1 aromatic heterocycles. The molecule has 1 N–H and O–H groups in total. The number of hydrogen-bond acceptors (Lipinski definition) is 4. The van der Waals surface area contributed by atoms with Gasteiger partial charge < -0.3 is 9.73 Å². The van der Waals surface area contributed by atoms with Gasteiger partial charge in [-0.15, -0.1) is 0 Å². The molecule has 6 heteroatoms. The minimum Gasteiger partial charge on any atom is -0.466 e. The summed E-state index contributed by atoms with van der Waals surface area (Å²) in [5.74, 6) is 0.496. The number of furan rings is 1. The van der Waals surface area contributed by atoms with Crippen molar-refractivity contribution in [2.24, 2.45) is 0 Å². The molecule has 1 saturated heterocycles. The normalized spacial score (nSPS) is 19.8. The summed E-state index contributed by atoms with van der Waals surface area (Å²) >= 11 is 0. The summed E-state index contributed by atoms with van der Waals surface area (Å²) in [6.07, 6.45) is 0. The maximum atomic E-state index is 12.9. The largest absolute Gasteiger partial charge is 0.466 e. The van der Waals surface area contributed by atoms with Crippen LogP contribution >= 0.6 is 0 Å². The Bertz CT molecular complexity index is 928. The first-order valence-corrected chi connectivity index (χ1v) is 8.45. The van der Waals surface area contributed by atoms with E-state index < -0.39 is 17.5 Å². The molecule has 1 aliphatic rings. The molecule has 0 spiro atoms. The van der Waals surface area contributed by atoms with Gasteiger partial charge >= 0.3 is 6.03 Å². The van der Waals surface area contributed by atoms with Crippen molar-refractivity contribution in [3.05, 3.63) is 58.0 Å². The lowest BCUT2D eigenvalue weighted by Gasteiger charge is -2.21. The van der Waals surface area contributed by atoms with Crippen molar-refractivity contribution in [1.29, 1.82) is 0 Å². The fourth-order valence-electron chi connectivity index (χ4n) is 3.30. The van der Waals surface area contributed by atoms with Crippen LogP contribution in [0.4, 0.5) is 4.79 Å². The zero-order chi connectivity index (χ0) is 19.2. The third-order valence-corrected chi connectivity index (χ3v) is 4.99. The van der Waals surface area contributed by atoms with Crippen molar-refractivity contribution < 1.29 is 18.8 Å². The molecule has 0 aliphatic carbocycles. The first-order valence-electron chi connectivity index (χ1n) is 8.45. The molecule has 1 aliphatic heterocycles. The number of carbonyl (C=O) groups excluding carboxylic acids is 3. The lowest BCUT2D eigenvalue weighted by Crippen LogP contribution is -2.41. The SMILES string of the molecule is Cc1cc(C2(C)NC(=O)N(CC(=O)c3ccc(C)c(C)c3)C2=O)c(C)o1. The standard InChI is InChI=1S/C20H22N2O4/c1-11-6-7-15(8-12(11)2)17(23)10-22-18(24)20(5,21-19(22)25)16-9-13(3)26-14(16)4/h6-9H,10H2,1-5H3,(H,21,25). The van der Waals surface area contributed by atoms with Crippen LogP contribution in [0.2, 0.25) is 0 Å². The summed E-state index contributed by atoms with van der Waals surface area (Å²) in [5.41, 5.74) is 1.92. The van der Waals surface area contributed by atoms with Gasteiger partial charge in [0.05, 0.1) is 6.54 Å². The van der Waals surface area contributed by atoms with Gasteiger partial charge in [-0.25, -0.2) is 4.79 Å². The topological polar surface area (TPSA) is 79.6 Å². The maximum Gasteiger partial charge on any atom is 0.325 e. The highest BCUT2D eigenvalue weighted by molar-refractivity contribution is 6.11. The molecule has 1 unspecified atom stereocenters. The van der Waals surface area contributed by atoms with Crippen LogP contribution in [0.3, 0.4) is 0 Å². The molecule has 3 amide bonds. The predicted octanol–water partition coefficient (Wildman–Crippen LogP) is 3.16. The minimum absolute atomic E-state index is 0.277. The van der Waals surface area contributed by atoms with Gasteiger partial charge in [-0.2, -0.15) is 0 Å². The maximum absolute atomic E-state index is 12.9. The third-order valence-electron chi connectivity index (χ3n) is 4.99. The summed E-state index contributed by atoms with van der Waals surface area (Å²) in [4.78, 5) is 38.9. The number of amides is 3. The van der Waals surface area contributed by atoms with Crippen molar-refractivity contribution >= 4 is 17.7 Å². The summed E-state index contributed by atoms with van der Waals surface area (Å²) < 4.78 is 5.50. The first-order chi connectivity index (χ1) is 12.1. The van der Waals surface area contributed by atoms with E-state index in [2.05, 4.69) is 5.32 Å². The fraction of sp³-hybridized carbons (Fsp3) is 0.350. The van der Waals surface area contributed by atoms with Gasteiger partial charge in [0.1, 0.15) is 17.1 Å². The van der Waals surface area contributed by atoms with Gasteiger partial charge in [-0.1, -0.05) is 12.1 Å². The lowest BCUT2D eigenvalue weighted by molar-refractivity contribution is -0.130. The van der Waals surface area contributed by atoms with Gasteiger partial charge in [0.2, 0.25) is 0 Å². The number of carbonyl (C=O) groups is 3. The van der Waals surface area contributed by atoms with Crippen LogP contribution in [0, 0.1) is 27.7 Å². The first kappa shape index (κ1) is 17.9. The Labute approximate surface area is 152 Å². The van der Waals surface area contributed by atoms with E-state index in [1.54, 1.807) is 39.0 Å². The molecular formula is C20H22N2O4. The molecule has 1 fully saturated rings. The van der Waals surface area contributed by atoms with Crippen LogP contribution < -0.4 is 5.32 Å². The fourth-order valence-corrected chi connectivity index (χ4v) is 3.30. The van der Waals surface area contributed by atoms with Crippen LogP contribution in [0.15, 0.2) is 28.7 Å². The highest BCUT2D eigenvalue weighted by Crippen LogP contribution is 2.32. The Morgan fingerprint density at radius 1 is 1.12 bits per heavy atom. The number of benzene rings is 1. The van der Waals surface area contributed by atoms with Crippen molar-refractivity contribution in [3.63, 3.8) is 0 Å². The summed E-state index contributed by atoms with van der Waals surface area (Å²) in [5, 5.41) is 2.70. The van der Waals surface area contributed by atoms with E-state index in [9.17, 15) is 14.4 Å². The van der Waals surface area contributed by atoms with E-state index in [1.807, 2.05) is 19.9 Å². The Hall–Kier alpha value is -2.89. The van der Waals surface area contributed by atoms with E-state index in [0.29, 0.717) is 22.6 Å². The van der Waals surface area contributed by atoms with E-state index in [1.165, 1.54) is 0 Å². The van der Waals surface area contributed by atoms with Crippen molar-refractivity contribution in [2.45, 2.75) is 40.2 Å². The van der Waals surface area contributed by atoms with Crippen LogP contribution in [0.5, 0.6) is 0 Å². The van der Waals surface area contributed by atoms with Gasteiger partial charge in [0.15, 0.2) is 5.78 Å². The minimum atomic E-state index is -1.23. The van der Waals surface area contributed by atoms with E-state index in [-0.39, 0.29) is 12.3 Å². The van der Waals surface area contributed by atoms with Crippen molar-refractivity contribution in [1.82, 2.24) is 10.2 Å². The summed E-state index contributed by atoms with van der Waals surface area (Å²) in [7, 11) is 0. The second kappa shape index (κ2) is 6.12. The highest BCUT2D eigenvalue weighted by Gasteiger charge is 2.51. The molecule has 1 atom stereocenters. The van der Waals surface area contributed by atoms with E-state index in [4.69, 9.17) is 4.42 Å². The number of nitrogens with one attached hydrogen (secondary N) is 1. The van der Waals surface area contributed by atoms with E-state index >= 15 is 0 Å². The second-order valence-corrected chi connectivity index (χ2v) is 7.00. The average molecular weight is 354 g/mol. The van der Waals surface area contributed by atoms with Gasteiger partial charge in [0, 0.05) is 11.1 Å². The van der Waals surface area contributed by atoms with Crippen LogP contribution in [0.1, 0.15) is 45.5 Å². The number of ketones is 1. The lowest BCUT2D eigenvalue weighted by atomic mass is 9.92. The number of hydrogen-bond donors (Lipinski definition) is 1. The number of imide groups is 1. The predicted molar refractivity (Wildman–Crippen MR) is 96.0 cm³/mol. The molecule has 136 valence electrons. The Morgan fingerprint density at radius 3 is 2.38 bits per heavy atom. The monoisotopic (exact) mass is 354 g/mol. The smallest absolute Gasteiger partial charge is 0.325 e. The molecule has 1 aromatic carbocycles. The highest BCUT2D eigenvalue weighted by atomic mass is 16.3. The number of urea groups is 1. The molecule has 0 bridgehead atoms. The number of Topliss-reactive ketones (excluding diaryl/α,β-unsaturated/α-hetero) is 1. The Kier molecular flexibility index (Phi) is 4.22. The van der Waals surface area contributed by atoms with Gasteiger partial charge in [-0.3, -0.25) is 14.5 Å². The summed E-state index contributed by atoms with van der Waals surface area (Å²) in [6, 6.07) is 6.51. The zero-order valence-corrected chi connectivity index (χ0v) is 15.6. The molecule has 3 rings (SSSR count). The van der Waals surface area contributed by atoms with E-state index in [0.717, 1.165) is 16.0 Å². The molecule has 0 radical (unpaired) electrons. The average Bonchev–Trinajstić information content (AvgIpc) is 3.02. The molecule has 2 heterocycles. The Morgan fingerprint density at radius 2 is 1.81 bits per heavy atom. The Balaban J connectivity index is 1.86. The van der Waals surface area contributed by atoms with Gasteiger partial charge in [0.25, 0.3) is 5.91 Å². The number of aryl methyl sites for hydroxylation is 4. The van der Waals surface area contributed by atoms with Crippen molar-refractivity contribution in [2.75, 3.05) is 6.54 Å².